The van der Waals surface area contributed by atoms with Gasteiger partial charge >= 0.3 is 5.97 Å². The number of aliphatic carboxylic acids is 1. The highest BCUT2D eigenvalue weighted by Gasteiger charge is 2.37. The zero-order chi connectivity index (χ0) is 12.3. The van der Waals surface area contributed by atoms with Gasteiger partial charge in [-0.15, -0.1) is 0 Å². The summed E-state index contributed by atoms with van der Waals surface area (Å²) in [7, 11) is 2.09. The van der Waals surface area contributed by atoms with E-state index in [1.165, 1.54) is 0 Å². The molecule has 0 aromatic heterocycles. The molecule has 94 valence electrons. The summed E-state index contributed by atoms with van der Waals surface area (Å²) >= 11 is 0. The lowest BCUT2D eigenvalue weighted by molar-refractivity contribution is -0.144. The van der Waals surface area contributed by atoms with Gasteiger partial charge in [0.05, 0.1) is 0 Å². The van der Waals surface area contributed by atoms with Crippen molar-refractivity contribution in [3.8, 4) is 0 Å². The third-order valence-corrected chi connectivity index (χ3v) is 3.63. The van der Waals surface area contributed by atoms with E-state index in [-0.39, 0.29) is 0 Å². The summed E-state index contributed by atoms with van der Waals surface area (Å²) in [5.41, 5.74) is -0.773. The molecular formula is C12H24N2O2. The summed E-state index contributed by atoms with van der Waals surface area (Å²) in [6.07, 6.45) is 2.59. The van der Waals surface area contributed by atoms with E-state index < -0.39 is 11.5 Å². The number of carboxylic acid groups (broad SMARTS) is 1. The minimum absolute atomic E-state index is 0.299. The number of rotatable bonds is 5. The largest absolute Gasteiger partial charge is 0.480 e. The lowest BCUT2D eigenvalue weighted by Crippen LogP contribution is -2.54. The normalized spacial score (nSPS) is 30.2. The number of likely N-dealkylation sites (N-methyl/N-ethyl adjacent to an activating group) is 1. The number of hydrogen-bond donors (Lipinski definition) is 2. The smallest absolute Gasteiger partial charge is 0.323 e. The Bertz CT molecular complexity index is 247. The molecule has 2 N–H and O–H groups in total. The Morgan fingerprint density at radius 3 is 2.62 bits per heavy atom. The topological polar surface area (TPSA) is 52.6 Å². The second-order valence-electron chi connectivity index (χ2n) is 5.25. The van der Waals surface area contributed by atoms with Gasteiger partial charge in [0.1, 0.15) is 5.54 Å². The lowest BCUT2D eigenvalue weighted by Gasteiger charge is -2.29. The van der Waals surface area contributed by atoms with E-state index in [0.29, 0.717) is 18.5 Å². The summed E-state index contributed by atoms with van der Waals surface area (Å²) in [5, 5.41) is 12.6. The molecule has 1 aliphatic heterocycles. The molecule has 4 heteroatoms. The Labute approximate surface area is 98.0 Å². The summed E-state index contributed by atoms with van der Waals surface area (Å²) in [4.78, 5) is 13.6. The molecule has 1 rings (SSSR count). The summed E-state index contributed by atoms with van der Waals surface area (Å²) in [6, 6.07) is 0.838. The molecule has 0 saturated carbocycles. The minimum Gasteiger partial charge on any atom is -0.480 e. The van der Waals surface area contributed by atoms with Crippen molar-refractivity contribution < 1.29 is 9.90 Å². The molecule has 1 saturated heterocycles. The van der Waals surface area contributed by atoms with Gasteiger partial charge in [0.2, 0.25) is 0 Å². The predicted molar refractivity (Wildman–Crippen MR) is 64.6 cm³/mol. The number of likely N-dealkylation sites (tertiary alicyclic amines) is 1. The number of carbonyl (C=O) groups is 1. The fourth-order valence-corrected chi connectivity index (χ4v) is 2.49. The summed E-state index contributed by atoms with van der Waals surface area (Å²) in [6.45, 7) is 6.93. The highest BCUT2D eigenvalue weighted by molar-refractivity contribution is 5.78. The average molecular weight is 228 g/mol. The maximum absolute atomic E-state index is 11.3. The Morgan fingerprint density at radius 2 is 2.25 bits per heavy atom. The molecule has 4 nitrogen and oxygen atoms in total. The minimum atomic E-state index is -0.773. The van der Waals surface area contributed by atoms with E-state index in [2.05, 4.69) is 24.2 Å². The predicted octanol–water partition coefficient (Wildman–Crippen LogP) is 1.31. The maximum Gasteiger partial charge on any atom is 0.323 e. The molecule has 1 aliphatic rings. The Kier molecular flexibility index (Phi) is 4.33. The second kappa shape index (κ2) is 5.15. The van der Waals surface area contributed by atoms with Gasteiger partial charge in [0.15, 0.2) is 0 Å². The van der Waals surface area contributed by atoms with Crippen LogP contribution in [-0.4, -0.2) is 47.2 Å². The molecular weight excluding hydrogens is 204 g/mol. The van der Waals surface area contributed by atoms with Crippen LogP contribution in [-0.2, 0) is 4.79 Å². The van der Waals surface area contributed by atoms with E-state index in [1.807, 2.05) is 6.92 Å². The number of hydrogen-bond acceptors (Lipinski definition) is 3. The van der Waals surface area contributed by atoms with Crippen LogP contribution in [0.3, 0.4) is 0 Å². The fraction of sp³-hybridized carbons (Fsp3) is 0.917. The van der Waals surface area contributed by atoms with Gasteiger partial charge in [-0.2, -0.15) is 0 Å². The first-order chi connectivity index (χ1) is 7.39. The second-order valence-corrected chi connectivity index (χ2v) is 5.25. The summed E-state index contributed by atoms with van der Waals surface area (Å²) in [5.74, 6) is -0.739. The third-order valence-electron chi connectivity index (χ3n) is 3.63. The van der Waals surface area contributed by atoms with Crippen molar-refractivity contribution >= 4 is 5.97 Å². The van der Waals surface area contributed by atoms with Gasteiger partial charge < -0.3 is 10.0 Å². The number of carboxylic acids is 1. The van der Waals surface area contributed by atoms with Gasteiger partial charge in [-0.3, -0.25) is 10.1 Å². The van der Waals surface area contributed by atoms with Gasteiger partial charge in [-0.05, 0) is 33.7 Å². The molecule has 3 unspecified atom stereocenters. The molecule has 0 aromatic rings. The van der Waals surface area contributed by atoms with E-state index in [9.17, 15) is 9.90 Å². The first-order valence-corrected chi connectivity index (χ1v) is 6.10. The van der Waals surface area contributed by atoms with Crippen molar-refractivity contribution in [1.82, 2.24) is 10.2 Å². The van der Waals surface area contributed by atoms with Crippen LogP contribution in [0.1, 0.15) is 40.0 Å². The Hall–Kier alpha value is -0.610. The molecule has 0 amide bonds. The van der Waals surface area contributed by atoms with E-state index in [0.717, 1.165) is 19.4 Å². The van der Waals surface area contributed by atoms with Crippen LogP contribution < -0.4 is 5.32 Å². The molecule has 16 heavy (non-hydrogen) atoms. The number of nitrogens with zero attached hydrogens (tertiary/aromatic N) is 1. The summed E-state index contributed by atoms with van der Waals surface area (Å²) < 4.78 is 0. The highest BCUT2D eigenvalue weighted by atomic mass is 16.4. The standard InChI is InChI=1S/C12H24N2O2/c1-5-6-12(3,11(15)16)13-10-7-9(2)14(4)8-10/h9-10,13H,5-8H2,1-4H3,(H,15,16). The number of nitrogens with one attached hydrogen (secondary N) is 1. The van der Waals surface area contributed by atoms with Gasteiger partial charge in [0.25, 0.3) is 0 Å². The van der Waals surface area contributed by atoms with Gasteiger partial charge in [-0.1, -0.05) is 13.3 Å². The lowest BCUT2D eigenvalue weighted by atomic mass is 9.94. The zero-order valence-electron chi connectivity index (χ0n) is 10.8. The van der Waals surface area contributed by atoms with Crippen LogP contribution in [0.4, 0.5) is 0 Å². The molecule has 0 spiro atoms. The van der Waals surface area contributed by atoms with Crippen molar-refractivity contribution in [2.75, 3.05) is 13.6 Å². The highest BCUT2D eigenvalue weighted by Crippen LogP contribution is 2.20. The molecule has 1 heterocycles. The van der Waals surface area contributed by atoms with E-state index in [1.54, 1.807) is 6.92 Å². The van der Waals surface area contributed by atoms with Crippen LogP contribution in [0.2, 0.25) is 0 Å². The molecule has 0 aliphatic carbocycles. The Balaban J connectivity index is 2.60. The van der Waals surface area contributed by atoms with Crippen LogP contribution in [0, 0.1) is 0 Å². The average Bonchev–Trinajstić information content (AvgIpc) is 2.45. The van der Waals surface area contributed by atoms with Gasteiger partial charge in [0, 0.05) is 18.6 Å². The van der Waals surface area contributed by atoms with E-state index >= 15 is 0 Å². The van der Waals surface area contributed by atoms with Crippen molar-refractivity contribution in [3.05, 3.63) is 0 Å². The first-order valence-electron chi connectivity index (χ1n) is 6.10. The molecule has 1 fully saturated rings. The molecule has 0 radical (unpaired) electrons. The third kappa shape index (κ3) is 2.95. The van der Waals surface area contributed by atoms with E-state index in [4.69, 9.17) is 0 Å². The fourth-order valence-electron chi connectivity index (χ4n) is 2.49. The first kappa shape index (κ1) is 13.5. The maximum atomic E-state index is 11.3. The molecule has 0 bridgehead atoms. The molecule has 0 aromatic carbocycles. The Morgan fingerprint density at radius 1 is 1.62 bits per heavy atom. The van der Waals surface area contributed by atoms with Crippen LogP contribution in [0.5, 0.6) is 0 Å². The van der Waals surface area contributed by atoms with Crippen molar-refractivity contribution in [2.45, 2.75) is 57.7 Å². The van der Waals surface area contributed by atoms with Crippen LogP contribution >= 0.6 is 0 Å². The monoisotopic (exact) mass is 228 g/mol. The quantitative estimate of drug-likeness (QED) is 0.745. The molecule has 3 atom stereocenters. The van der Waals surface area contributed by atoms with Crippen LogP contribution in [0.15, 0.2) is 0 Å². The van der Waals surface area contributed by atoms with Crippen molar-refractivity contribution in [2.24, 2.45) is 0 Å². The van der Waals surface area contributed by atoms with Gasteiger partial charge in [-0.25, -0.2) is 0 Å². The zero-order valence-corrected chi connectivity index (χ0v) is 10.8. The van der Waals surface area contributed by atoms with Crippen molar-refractivity contribution in [3.63, 3.8) is 0 Å². The SMILES string of the molecule is CCCC(C)(NC1CC(C)N(C)C1)C(=O)O. The van der Waals surface area contributed by atoms with Crippen LogP contribution in [0.25, 0.3) is 0 Å². The van der Waals surface area contributed by atoms with Crippen molar-refractivity contribution in [1.29, 1.82) is 0 Å².